The fourth-order valence-corrected chi connectivity index (χ4v) is 4.32. The zero-order chi connectivity index (χ0) is 35.6. The number of nitrogens with one attached hydrogen (secondary N) is 1. The molecule has 2 aliphatic heterocycles. The van der Waals surface area contributed by atoms with Crippen molar-refractivity contribution in [1.29, 1.82) is 0 Å². The Morgan fingerprint density at radius 3 is 1.64 bits per heavy atom. The first kappa shape index (κ1) is 50.4. The van der Waals surface area contributed by atoms with Crippen LogP contribution < -0.4 is 5.32 Å². The van der Waals surface area contributed by atoms with E-state index in [4.69, 9.17) is 0 Å². The van der Waals surface area contributed by atoms with Crippen LogP contribution in [0.5, 0.6) is 0 Å². The number of carbonyl (C=O) groups excluding carboxylic acids is 1. The first-order chi connectivity index (χ1) is 21.6. The summed E-state index contributed by atoms with van der Waals surface area (Å²) >= 11 is 0. The zero-order valence-corrected chi connectivity index (χ0v) is 33.6. The molecule has 4 atom stereocenters. The van der Waals surface area contributed by atoms with Crippen LogP contribution >= 0.6 is 0 Å². The van der Waals surface area contributed by atoms with Crippen molar-refractivity contribution in [3.05, 3.63) is 18.7 Å². The first-order valence-electron chi connectivity index (χ1n) is 18.9. The Morgan fingerprint density at radius 1 is 0.778 bits per heavy atom. The van der Waals surface area contributed by atoms with Crippen LogP contribution in [-0.2, 0) is 11.3 Å². The van der Waals surface area contributed by atoms with E-state index in [-0.39, 0.29) is 0 Å². The lowest BCUT2D eigenvalue weighted by Gasteiger charge is -2.19. The summed E-state index contributed by atoms with van der Waals surface area (Å²) in [5.41, 5.74) is 0. The molecular formula is C38H84N6O. The Labute approximate surface area is 284 Å². The van der Waals surface area contributed by atoms with Gasteiger partial charge in [0.15, 0.2) is 0 Å². The summed E-state index contributed by atoms with van der Waals surface area (Å²) in [4.78, 5) is 21.8. The fraction of sp³-hybridized carbons (Fsp3) is 0.895. The van der Waals surface area contributed by atoms with Crippen molar-refractivity contribution in [2.24, 2.45) is 23.7 Å². The van der Waals surface area contributed by atoms with Crippen molar-refractivity contribution in [2.75, 3.05) is 60.0 Å². The highest BCUT2D eigenvalue weighted by atomic mass is 16.2. The maximum atomic E-state index is 11.2. The van der Waals surface area contributed by atoms with Crippen LogP contribution in [0.4, 0.5) is 0 Å². The van der Waals surface area contributed by atoms with E-state index in [0.29, 0.717) is 11.8 Å². The molecule has 4 unspecified atom stereocenters. The van der Waals surface area contributed by atoms with Gasteiger partial charge in [0.2, 0.25) is 5.91 Å². The highest BCUT2D eigenvalue weighted by Gasteiger charge is 2.20. The molecule has 45 heavy (non-hydrogen) atoms. The van der Waals surface area contributed by atoms with Gasteiger partial charge < -0.3 is 19.7 Å². The molecule has 1 aromatic heterocycles. The third-order valence-electron chi connectivity index (χ3n) is 7.76. The standard InChI is InChI=1S/C9H17NO.C8H18N2.C8H14N2.C7H17N.3C2H6/c1-3-8(2)7-10-6-4-5-9(10)11;2*1-3-8(2)6-10-5-4-9-7-10;1-5-7(2)6-8(3)4;3*1-2/h8H,3-7H2,1-2H3;8-9H,3-7H2,1-2H3;4-5,7-8H,3,6H2,1-2H3;7H,5-6H2,1-4H3;3*1-2H3. The number of carbonyl (C=O) groups is 1. The summed E-state index contributed by atoms with van der Waals surface area (Å²) in [6, 6.07) is 0. The maximum absolute atomic E-state index is 11.2. The second-order valence-electron chi connectivity index (χ2n) is 12.3. The van der Waals surface area contributed by atoms with Gasteiger partial charge in [-0.15, -0.1) is 0 Å². The van der Waals surface area contributed by atoms with Gasteiger partial charge in [0, 0.05) is 71.3 Å². The number of likely N-dealkylation sites (tertiary alicyclic amines) is 1. The van der Waals surface area contributed by atoms with Crippen molar-refractivity contribution < 1.29 is 4.79 Å². The molecular weight excluding hydrogens is 556 g/mol. The van der Waals surface area contributed by atoms with Crippen molar-refractivity contribution in [1.82, 2.24) is 29.6 Å². The molecule has 0 saturated carbocycles. The lowest BCUT2D eigenvalue weighted by molar-refractivity contribution is -0.128. The number of aromatic nitrogens is 2. The minimum absolute atomic E-state index is 0.352. The van der Waals surface area contributed by atoms with Gasteiger partial charge in [0.1, 0.15) is 0 Å². The van der Waals surface area contributed by atoms with Crippen LogP contribution in [-0.4, -0.2) is 90.2 Å². The Bertz CT molecular complexity index is 676. The minimum atomic E-state index is 0.352. The van der Waals surface area contributed by atoms with Gasteiger partial charge in [0.05, 0.1) is 6.33 Å². The molecule has 2 fully saturated rings. The molecule has 0 spiro atoms. The van der Waals surface area contributed by atoms with Crippen molar-refractivity contribution in [3.8, 4) is 0 Å². The fourth-order valence-electron chi connectivity index (χ4n) is 4.32. The predicted molar refractivity (Wildman–Crippen MR) is 203 cm³/mol. The van der Waals surface area contributed by atoms with Crippen molar-refractivity contribution in [3.63, 3.8) is 0 Å². The number of amides is 1. The summed E-state index contributed by atoms with van der Waals surface area (Å²) in [6.07, 6.45) is 12.5. The molecule has 1 amide bonds. The van der Waals surface area contributed by atoms with E-state index in [1.165, 1.54) is 51.9 Å². The van der Waals surface area contributed by atoms with Gasteiger partial charge in [-0.25, -0.2) is 4.98 Å². The molecule has 0 bridgehead atoms. The van der Waals surface area contributed by atoms with Crippen LogP contribution in [0.1, 0.15) is 135 Å². The van der Waals surface area contributed by atoms with Gasteiger partial charge in [-0.3, -0.25) is 9.69 Å². The monoisotopic (exact) mass is 641 g/mol. The smallest absolute Gasteiger partial charge is 0.222 e. The zero-order valence-electron chi connectivity index (χ0n) is 33.6. The Morgan fingerprint density at radius 2 is 1.29 bits per heavy atom. The molecule has 2 aliphatic rings. The number of hydrogen-bond donors (Lipinski definition) is 1. The molecule has 7 heteroatoms. The molecule has 0 aliphatic carbocycles. The van der Waals surface area contributed by atoms with Crippen LogP contribution in [0, 0.1) is 23.7 Å². The summed E-state index contributed by atoms with van der Waals surface area (Å²) in [7, 11) is 4.23. The predicted octanol–water partition coefficient (Wildman–Crippen LogP) is 9.15. The SMILES string of the molecule is CC.CC.CC.CCC(C)CN(C)C.CCC(C)CN1CCCC1=O.CCC(C)CN1CCNC1.CCC(C)Cn1ccnc1. The molecule has 0 radical (unpaired) electrons. The number of imidazole rings is 1. The third-order valence-corrected chi connectivity index (χ3v) is 7.76. The molecule has 7 nitrogen and oxygen atoms in total. The highest BCUT2D eigenvalue weighted by molar-refractivity contribution is 5.78. The topological polar surface area (TPSA) is 56.6 Å². The second-order valence-corrected chi connectivity index (χ2v) is 12.3. The number of rotatable bonds is 12. The first-order valence-corrected chi connectivity index (χ1v) is 18.9. The molecule has 0 aromatic carbocycles. The van der Waals surface area contributed by atoms with E-state index in [9.17, 15) is 4.79 Å². The summed E-state index contributed by atoms with van der Waals surface area (Å²) in [5, 5.41) is 3.33. The van der Waals surface area contributed by atoms with Gasteiger partial charge in [-0.1, -0.05) is 123 Å². The van der Waals surface area contributed by atoms with E-state index in [2.05, 4.69) is 94.2 Å². The third kappa shape index (κ3) is 32.3. The summed E-state index contributed by atoms with van der Waals surface area (Å²) < 4.78 is 2.12. The molecule has 3 rings (SSSR count). The number of hydrogen-bond acceptors (Lipinski definition) is 5. The lowest BCUT2D eigenvalue weighted by atomic mass is 10.1. The van der Waals surface area contributed by atoms with E-state index < -0.39 is 0 Å². The average molecular weight is 641 g/mol. The van der Waals surface area contributed by atoms with Crippen LogP contribution in [0.2, 0.25) is 0 Å². The Balaban J connectivity index is -0.000000237. The van der Waals surface area contributed by atoms with Crippen LogP contribution in [0.25, 0.3) is 0 Å². The van der Waals surface area contributed by atoms with Crippen LogP contribution in [0.15, 0.2) is 18.7 Å². The van der Waals surface area contributed by atoms with E-state index in [0.717, 1.165) is 56.9 Å². The van der Waals surface area contributed by atoms with Gasteiger partial charge >= 0.3 is 0 Å². The molecule has 2 saturated heterocycles. The lowest BCUT2D eigenvalue weighted by Crippen LogP contribution is -2.29. The normalized spacial score (nSPS) is 16.3. The largest absolute Gasteiger partial charge is 0.342 e. The number of nitrogens with zero attached hydrogens (tertiary/aromatic N) is 5. The van der Waals surface area contributed by atoms with Gasteiger partial charge in [-0.2, -0.15) is 0 Å². The van der Waals surface area contributed by atoms with Crippen molar-refractivity contribution in [2.45, 2.75) is 142 Å². The molecule has 1 aromatic rings. The van der Waals surface area contributed by atoms with E-state index >= 15 is 0 Å². The van der Waals surface area contributed by atoms with Crippen LogP contribution in [0.3, 0.4) is 0 Å². The maximum Gasteiger partial charge on any atom is 0.222 e. The van der Waals surface area contributed by atoms with Gasteiger partial charge in [-0.05, 0) is 44.2 Å². The Kier molecular flexibility index (Phi) is 41.5. The second kappa shape index (κ2) is 37.0. The van der Waals surface area contributed by atoms with E-state index in [1.807, 2.05) is 65.2 Å². The molecule has 3 heterocycles. The van der Waals surface area contributed by atoms with Crippen molar-refractivity contribution >= 4 is 5.91 Å². The molecule has 272 valence electrons. The van der Waals surface area contributed by atoms with Gasteiger partial charge in [0.25, 0.3) is 0 Å². The highest BCUT2D eigenvalue weighted by Crippen LogP contribution is 2.13. The summed E-state index contributed by atoms with van der Waals surface area (Å²) in [6.45, 7) is 39.0. The summed E-state index contributed by atoms with van der Waals surface area (Å²) in [5.74, 6) is 3.49. The Hall–Kier alpha value is -1.44. The quantitative estimate of drug-likeness (QED) is 0.247. The minimum Gasteiger partial charge on any atom is -0.342 e. The molecule has 1 N–H and O–H groups in total. The van der Waals surface area contributed by atoms with E-state index in [1.54, 1.807) is 0 Å². The average Bonchev–Trinajstić information content (AvgIpc) is 3.86.